The Morgan fingerprint density at radius 2 is 1.96 bits per heavy atom. The molecule has 0 unspecified atom stereocenters. The maximum Gasteiger partial charge on any atom is 0.323 e. The molecule has 118 valence electrons. The molecule has 0 saturated heterocycles. The van der Waals surface area contributed by atoms with Gasteiger partial charge in [-0.2, -0.15) is 0 Å². The third-order valence-electron chi connectivity index (χ3n) is 3.26. The van der Waals surface area contributed by atoms with Gasteiger partial charge in [-0.15, -0.1) is 0 Å². The second-order valence-electron chi connectivity index (χ2n) is 5.05. The smallest absolute Gasteiger partial charge is 0.323 e. The number of halogens is 1. The first-order valence-electron chi connectivity index (χ1n) is 6.96. The summed E-state index contributed by atoms with van der Waals surface area (Å²) in [5.41, 5.74) is 1.58. The van der Waals surface area contributed by atoms with E-state index >= 15 is 0 Å². The van der Waals surface area contributed by atoms with E-state index in [1.165, 1.54) is 0 Å². The van der Waals surface area contributed by atoms with E-state index in [0.29, 0.717) is 27.5 Å². The number of anilines is 1. The van der Waals surface area contributed by atoms with Gasteiger partial charge in [-0.1, -0.05) is 17.7 Å². The Labute approximate surface area is 136 Å². The summed E-state index contributed by atoms with van der Waals surface area (Å²) < 4.78 is 5.56. The third kappa shape index (κ3) is 3.54. The number of hydrogen-bond donors (Lipinski definition) is 3. The van der Waals surface area contributed by atoms with Crippen molar-refractivity contribution in [2.45, 2.75) is 13.0 Å². The highest BCUT2D eigenvalue weighted by Gasteiger charge is 2.15. The van der Waals surface area contributed by atoms with E-state index in [1.807, 2.05) is 0 Å². The van der Waals surface area contributed by atoms with Gasteiger partial charge < -0.3 is 20.0 Å². The van der Waals surface area contributed by atoms with E-state index in [2.05, 4.69) is 15.3 Å². The van der Waals surface area contributed by atoms with Crippen molar-refractivity contribution in [1.82, 2.24) is 9.97 Å². The number of carbonyl (C=O) groups is 1. The van der Waals surface area contributed by atoms with E-state index in [-0.39, 0.29) is 11.6 Å². The molecule has 1 aromatic heterocycles. The fourth-order valence-electron chi connectivity index (χ4n) is 2.15. The number of H-pyrrole nitrogens is 2. The molecule has 3 rings (SSSR count). The van der Waals surface area contributed by atoms with Gasteiger partial charge in [0.15, 0.2) is 6.10 Å². The van der Waals surface area contributed by atoms with Gasteiger partial charge in [-0.05, 0) is 43.3 Å². The van der Waals surface area contributed by atoms with Crippen LogP contribution in [0.2, 0.25) is 5.02 Å². The lowest BCUT2D eigenvalue weighted by Gasteiger charge is -2.15. The summed E-state index contributed by atoms with van der Waals surface area (Å²) in [4.78, 5) is 28.7. The number of imidazole rings is 1. The molecule has 0 aliphatic carbocycles. The summed E-state index contributed by atoms with van der Waals surface area (Å²) in [6, 6.07) is 11.9. The molecule has 0 saturated carbocycles. The Bertz CT molecular complexity index is 916. The molecule has 3 aromatic rings. The van der Waals surface area contributed by atoms with Crippen LogP contribution in [0.3, 0.4) is 0 Å². The number of aromatic amines is 2. The molecule has 0 fully saturated rings. The summed E-state index contributed by atoms with van der Waals surface area (Å²) >= 11 is 5.88. The zero-order valence-electron chi connectivity index (χ0n) is 12.2. The van der Waals surface area contributed by atoms with Gasteiger partial charge in [-0.3, -0.25) is 4.79 Å². The average Bonchev–Trinajstić information content (AvgIpc) is 2.86. The summed E-state index contributed by atoms with van der Waals surface area (Å²) in [6.07, 6.45) is -0.700. The number of rotatable bonds is 4. The van der Waals surface area contributed by atoms with Crippen LogP contribution < -0.4 is 15.7 Å². The molecule has 23 heavy (non-hydrogen) atoms. The van der Waals surface area contributed by atoms with Crippen LogP contribution in [0.4, 0.5) is 5.69 Å². The number of benzene rings is 2. The molecule has 3 N–H and O–H groups in total. The number of hydrogen-bond acceptors (Lipinski definition) is 3. The molecule has 0 spiro atoms. The molecule has 1 atom stereocenters. The predicted molar refractivity (Wildman–Crippen MR) is 89.1 cm³/mol. The first-order valence-corrected chi connectivity index (χ1v) is 7.34. The lowest BCUT2D eigenvalue weighted by Crippen LogP contribution is -2.30. The number of aromatic nitrogens is 2. The fraction of sp³-hybridized carbons (Fsp3) is 0.125. The van der Waals surface area contributed by atoms with Crippen molar-refractivity contribution >= 4 is 34.2 Å². The Morgan fingerprint density at radius 1 is 1.17 bits per heavy atom. The van der Waals surface area contributed by atoms with Crippen LogP contribution in [-0.4, -0.2) is 22.0 Å². The molecule has 0 aliphatic rings. The molecular weight excluding hydrogens is 318 g/mol. The normalized spacial score (nSPS) is 12.1. The van der Waals surface area contributed by atoms with Crippen molar-refractivity contribution in [2.75, 3.05) is 5.32 Å². The average molecular weight is 332 g/mol. The molecule has 0 aliphatic heterocycles. The van der Waals surface area contributed by atoms with Gasteiger partial charge in [-0.25, -0.2) is 4.79 Å². The van der Waals surface area contributed by atoms with Crippen molar-refractivity contribution in [3.05, 3.63) is 58.0 Å². The van der Waals surface area contributed by atoms with E-state index < -0.39 is 6.10 Å². The van der Waals surface area contributed by atoms with Crippen LogP contribution in [0.1, 0.15) is 6.92 Å². The summed E-state index contributed by atoms with van der Waals surface area (Å²) in [5, 5.41) is 3.28. The maximum absolute atomic E-state index is 12.2. The second-order valence-corrected chi connectivity index (χ2v) is 5.48. The van der Waals surface area contributed by atoms with E-state index in [0.717, 1.165) is 0 Å². The van der Waals surface area contributed by atoms with Gasteiger partial charge in [0.05, 0.1) is 11.0 Å². The van der Waals surface area contributed by atoms with Gasteiger partial charge in [0.1, 0.15) is 5.75 Å². The maximum atomic E-state index is 12.2. The third-order valence-corrected chi connectivity index (χ3v) is 3.50. The van der Waals surface area contributed by atoms with E-state index in [1.54, 1.807) is 49.4 Å². The van der Waals surface area contributed by atoms with Crippen molar-refractivity contribution < 1.29 is 9.53 Å². The minimum Gasteiger partial charge on any atom is -0.481 e. The molecule has 1 amide bonds. The van der Waals surface area contributed by atoms with Gasteiger partial charge in [0.2, 0.25) is 0 Å². The standard InChI is InChI=1S/C16H14ClN3O3/c1-9(23-12-4-2-3-10(17)7-12)15(21)18-11-5-6-13-14(8-11)20-16(22)19-13/h2-9H,1H3,(H,18,21)(H2,19,20,22)/t9-/m1/s1. The van der Waals surface area contributed by atoms with Crippen molar-refractivity contribution in [3.8, 4) is 5.75 Å². The van der Waals surface area contributed by atoms with Crippen LogP contribution in [0, 0.1) is 0 Å². The zero-order chi connectivity index (χ0) is 16.4. The Kier molecular flexibility index (Phi) is 4.08. The summed E-state index contributed by atoms with van der Waals surface area (Å²) in [7, 11) is 0. The molecule has 0 bridgehead atoms. The highest BCUT2D eigenvalue weighted by Crippen LogP contribution is 2.19. The van der Waals surface area contributed by atoms with Crippen LogP contribution >= 0.6 is 11.6 Å². The highest BCUT2D eigenvalue weighted by molar-refractivity contribution is 6.30. The molecule has 0 radical (unpaired) electrons. The largest absolute Gasteiger partial charge is 0.481 e. The first-order chi connectivity index (χ1) is 11.0. The van der Waals surface area contributed by atoms with Crippen LogP contribution in [-0.2, 0) is 4.79 Å². The monoisotopic (exact) mass is 331 g/mol. The summed E-state index contributed by atoms with van der Waals surface area (Å²) in [5.74, 6) is 0.216. The molecule has 6 nitrogen and oxygen atoms in total. The van der Waals surface area contributed by atoms with E-state index in [9.17, 15) is 9.59 Å². The van der Waals surface area contributed by atoms with Crippen LogP contribution in [0.15, 0.2) is 47.3 Å². The Hall–Kier alpha value is -2.73. The molecular formula is C16H14ClN3O3. The predicted octanol–water partition coefficient (Wildman–Crippen LogP) is 2.92. The zero-order valence-corrected chi connectivity index (χ0v) is 13.0. The van der Waals surface area contributed by atoms with Crippen molar-refractivity contribution in [3.63, 3.8) is 0 Å². The van der Waals surface area contributed by atoms with Gasteiger partial charge in [0, 0.05) is 10.7 Å². The highest BCUT2D eigenvalue weighted by atomic mass is 35.5. The SMILES string of the molecule is C[C@@H](Oc1cccc(Cl)c1)C(=O)Nc1ccc2[nH]c(=O)[nH]c2c1. The molecule has 2 aromatic carbocycles. The molecule has 7 heteroatoms. The number of nitrogens with one attached hydrogen (secondary N) is 3. The van der Waals surface area contributed by atoms with Crippen LogP contribution in [0.25, 0.3) is 11.0 Å². The Balaban J connectivity index is 1.70. The second kappa shape index (κ2) is 6.18. The van der Waals surface area contributed by atoms with Crippen molar-refractivity contribution in [2.24, 2.45) is 0 Å². The van der Waals surface area contributed by atoms with Gasteiger partial charge >= 0.3 is 5.69 Å². The lowest BCUT2D eigenvalue weighted by molar-refractivity contribution is -0.122. The topological polar surface area (TPSA) is 87.0 Å². The lowest BCUT2D eigenvalue weighted by atomic mass is 10.2. The first kappa shape index (κ1) is 15.2. The fourth-order valence-corrected chi connectivity index (χ4v) is 2.33. The van der Waals surface area contributed by atoms with Gasteiger partial charge in [0.25, 0.3) is 5.91 Å². The summed E-state index contributed by atoms with van der Waals surface area (Å²) in [6.45, 7) is 1.65. The number of fused-ring (bicyclic) bond motifs is 1. The number of amides is 1. The minimum atomic E-state index is -0.700. The quantitative estimate of drug-likeness (QED) is 0.687. The molecule has 1 heterocycles. The minimum absolute atomic E-state index is 0.291. The van der Waals surface area contributed by atoms with Crippen LogP contribution in [0.5, 0.6) is 5.75 Å². The number of carbonyl (C=O) groups excluding carboxylic acids is 1. The van der Waals surface area contributed by atoms with Crippen molar-refractivity contribution in [1.29, 1.82) is 0 Å². The number of ether oxygens (including phenoxy) is 1. The Morgan fingerprint density at radius 3 is 2.74 bits per heavy atom. The van der Waals surface area contributed by atoms with E-state index in [4.69, 9.17) is 16.3 Å².